The van der Waals surface area contributed by atoms with E-state index in [0.717, 1.165) is 11.1 Å². The Bertz CT molecular complexity index is 739. The zero-order chi connectivity index (χ0) is 16.3. The van der Waals surface area contributed by atoms with Crippen LogP contribution in [-0.4, -0.2) is 11.9 Å². The minimum atomic E-state index is -0.575. The second kappa shape index (κ2) is 6.44. The molecule has 0 unspecified atom stereocenters. The lowest BCUT2D eigenvalue weighted by molar-refractivity contribution is 0.0817. The van der Waals surface area contributed by atoms with Gasteiger partial charge in [0.15, 0.2) is 6.10 Å². The van der Waals surface area contributed by atoms with Crippen molar-refractivity contribution in [2.75, 3.05) is 0 Å². The molecule has 0 saturated carbocycles. The zero-order valence-corrected chi connectivity index (χ0v) is 13.3. The fourth-order valence-electron chi connectivity index (χ4n) is 2.31. The molecule has 0 radical (unpaired) electrons. The third kappa shape index (κ3) is 3.35. The van der Waals surface area contributed by atoms with Crippen LogP contribution in [0.4, 0.5) is 0 Å². The summed E-state index contributed by atoms with van der Waals surface area (Å²) in [5.74, 6) is 0.547. The smallest absolute Gasteiger partial charge is 0.203 e. The molecule has 0 spiro atoms. The molecule has 0 aromatic heterocycles. The molecule has 0 amide bonds. The van der Waals surface area contributed by atoms with Gasteiger partial charge in [0.25, 0.3) is 0 Å². The van der Waals surface area contributed by atoms with Crippen LogP contribution < -0.4 is 4.74 Å². The number of benzene rings is 2. The third-order valence-corrected chi connectivity index (χ3v) is 3.77. The molecule has 0 aliphatic heterocycles. The van der Waals surface area contributed by atoms with Crippen LogP contribution in [0.3, 0.4) is 0 Å². The molecule has 0 fully saturated rings. The normalized spacial score (nSPS) is 11.6. The average molecular weight is 293 g/mol. The molecule has 1 atom stereocenters. The van der Waals surface area contributed by atoms with Crippen molar-refractivity contribution in [2.24, 2.45) is 0 Å². The number of hydrogen-bond donors (Lipinski definition) is 0. The van der Waals surface area contributed by atoms with E-state index < -0.39 is 6.10 Å². The Morgan fingerprint density at radius 1 is 1.05 bits per heavy atom. The second-order valence-electron chi connectivity index (χ2n) is 5.51. The van der Waals surface area contributed by atoms with E-state index in [4.69, 9.17) is 10.00 Å². The maximum absolute atomic E-state index is 12.6. The minimum Gasteiger partial charge on any atom is -0.483 e. The van der Waals surface area contributed by atoms with Crippen molar-refractivity contribution in [3.63, 3.8) is 0 Å². The summed E-state index contributed by atoms with van der Waals surface area (Å²) in [5.41, 5.74) is 4.50. The molecule has 0 bridgehead atoms. The van der Waals surface area contributed by atoms with Crippen LogP contribution in [0.1, 0.15) is 39.5 Å². The Morgan fingerprint density at radius 2 is 1.64 bits per heavy atom. The molecule has 112 valence electrons. The first-order valence-corrected chi connectivity index (χ1v) is 7.21. The fraction of sp³-hybridized carbons (Fsp3) is 0.263. The average Bonchev–Trinajstić information content (AvgIpc) is 2.51. The highest BCUT2D eigenvalue weighted by atomic mass is 16.5. The topological polar surface area (TPSA) is 50.1 Å². The van der Waals surface area contributed by atoms with Gasteiger partial charge in [0.05, 0.1) is 11.6 Å². The van der Waals surface area contributed by atoms with Crippen molar-refractivity contribution in [1.29, 1.82) is 5.26 Å². The molecule has 2 aromatic carbocycles. The maximum atomic E-state index is 12.6. The molecule has 0 aliphatic carbocycles. The first-order chi connectivity index (χ1) is 10.4. The lowest BCUT2D eigenvalue weighted by Gasteiger charge is -2.16. The summed E-state index contributed by atoms with van der Waals surface area (Å²) in [4.78, 5) is 12.6. The molecule has 3 nitrogen and oxygen atoms in total. The summed E-state index contributed by atoms with van der Waals surface area (Å²) >= 11 is 0. The number of aryl methyl sites for hydroxylation is 3. The zero-order valence-electron chi connectivity index (χ0n) is 13.3. The number of carbonyl (C=O) groups is 1. The number of nitriles is 1. The van der Waals surface area contributed by atoms with E-state index in [1.54, 1.807) is 31.2 Å². The summed E-state index contributed by atoms with van der Waals surface area (Å²) in [6.45, 7) is 7.72. The molecule has 2 aromatic rings. The van der Waals surface area contributed by atoms with Crippen molar-refractivity contribution in [3.8, 4) is 11.8 Å². The highest BCUT2D eigenvalue weighted by Gasteiger charge is 2.19. The Balaban J connectivity index is 2.18. The van der Waals surface area contributed by atoms with E-state index in [1.807, 2.05) is 32.9 Å². The summed E-state index contributed by atoms with van der Waals surface area (Å²) in [6, 6.07) is 12.8. The van der Waals surface area contributed by atoms with E-state index in [1.165, 1.54) is 5.56 Å². The number of ether oxygens (including phenoxy) is 1. The minimum absolute atomic E-state index is 0.0371. The van der Waals surface area contributed by atoms with E-state index in [9.17, 15) is 4.79 Å². The third-order valence-electron chi connectivity index (χ3n) is 3.77. The second-order valence-corrected chi connectivity index (χ2v) is 5.51. The van der Waals surface area contributed by atoms with Gasteiger partial charge in [-0.05, 0) is 74.7 Å². The Labute approximate surface area is 131 Å². The van der Waals surface area contributed by atoms with E-state index >= 15 is 0 Å². The largest absolute Gasteiger partial charge is 0.483 e. The highest BCUT2D eigenvalue weighted by molar-refractivity contribution is 6.00. The highest BCUT2D eigenvalue weighted by Crippen LogP contribution is 2.20. The maximum Gasteiger partial charge on any atom is 0.203 e. The molecule has 0 N–H and O–H groups in total. The first kappa shape index (κ1) is 15.8. The number of rotatable bonds is 4. The summed E-state index contributed by atoms with van der Waals surface area (Å²) < 4.78 is 5.70. The van der Waals surface area contributed by atoms with Crippen LogP contribution in [0.25, 0.3) is 0 Å². The van der Waals surface area contributed by atoms with Crippen molar-refractivity contribution in [3.05, 3.63) is 64.2 Å². The van der Waals surface area contributed by atoms with Gasteiger partial charge in [-0.3, -0.25) is 4.79 Å². The lowest BCUT2D eigenvalue weighted by Crippen LogP contribution is -2.24. The van der Waals surface area contributed by atoms with Crippen LogP contribution in [0.15, 0.2) is 36.4 Å². The lowest BCUT2D eigenvalue weighted by atomic mass is 9.96. The fourth-order valence-corrected chi connectivity index (χ4v) is 2.31. The van der Waals surface area contributed by atoms with Gasteiger partial charge in [-0.2, -0.15) is 5.26 Å². The molecule has 0 heterocycles. The van der Waals surface area contributed by atoms with E-state index in [2.05, 4.69) is 6.07 Å². The molecule has 0 saturated heterocycles. The molecule has 2 rings (SSSR count). The van der Waals surface area contributed by atoms with Crippen LogP contribution >= 0.6 is 0 Å². The Hall–Kier alpha value is -2.60. The Kier molecular flexibility index (Phi) is 4.62. The quantitative estimate of drug-likeness (QED) is 0.796. The van der Waals surface area contributed by atoms with Gasteiger partial charge < -0.3 is 4.74 Å². The molecule has 3 heteroatoms. The van der Waals surface area contributed by atoms with Crippen molar-refractivity contribution in [2.45, 2.75) is 33.8 Å². The number of Topliss-reactive ketones (excluding diaryl/α,β-unsaturated/α-hetero) is 1. The van der Waals surface area contributed by atoms with Gasteiger partial charge >= 0.3 is 0 Å². The van der Waals surface area contributed by atoms with E-state index in [0.29, 0.717) is 16.9 Å². The predicted molar refractivity (Wildman–Crippen MR) is 86.2 cm³/mol. The summed E-state index contributed by atoms with van der Waals surface area (Å²) in [7, 11) is 0. The summed E-state index contributed by atoms with van der Waals surface area (Å²) in [6.07, 6.45) is -0.575. The van der Waals surface area contributed by atoms with Gasteiger partial charge in [-0.25, -0.2) is 0 Å². The SMILES string of the molecule is Cc1cc(C)c(C(=O)[C@H](C)Oc2ccc(C#N)cc2)cc1C. The van der Waals surface area contributed by atoms with Gasteiger partial charge in [-0.1, -0.05) is 6.07 Å². The van der Waals surface area contributed by atoms with Crippen molar-refractivity contribution >= 4 is 5.78 Å². The first-order valence-electron chi connectivity index (χ1n) is 7.21. The van der Waals surface area contributed by atoms with Crippen LogP contribution in [0.5, 0.6) is 5.75 Å². The summed E-state index contributed by atoms with van der Waals surface area (Å²) in [5, 5.41) is 8.78. The van der Waals surface area contributed by atoms with Crippen LogP contribution in [-0.2, 0) is 0 Å². The molecule has 22 heavy (non-hydrogen) atoms. The number of hydrogen-bond acceptors (Lipinski definition) is 3. The van der Waals surface area contributed by atoms with Crippen LogP contribution in [0, 0.1) is 32.1 Å². The van der Waals surface area contributed by atoms with Gasteiger partial charge in [0.2, 0.25) is 5.78 Å². The predicted octanol–water partition coefficient (Wildman–Crippen LogP) is 4.13. The van der Waals surface area contributed by atoms with E-state index in [-0.39, 0.29) is 5.78 Å². The van der Waals surface area contributed by atoms with Gasteiger partial charge in [0, 0.05) is 5.56 Å². The van der Waals surface area contributed by atoms with Crippen molar-refractivity contribution in [1.82, 2.24) is 0 Å². The van der Waals surface area contributed by atoms with Crippen LogP contribution in [0.2, 0.25) is 0 Å². The number of carbonyl (C=O) groups excluding carboxylic acids is 1. The van der Waals surface area contributed by atoms with Gasteiger partial charge in [-0.15, -0.1) is 0 Å². The number of ketones is 1. The molecular formula is C19H19NO2. The Morgan fingerprint density at radius 3 is 2.23 bits per heavy atom. The standard InChI is InChI=1S/C19H19NO2/c1-12-9-14(3)18(10-13(12)2)19(21)15(4)22-17-7-5-16(11-20)6-8-17/h5-10,15H,1-4H3/t15-/m0/s1. The monoisotopic (exact) mass is 293 g/mol. The number of nitrogens with zero attached hydrogens (tertiary/aromatic N) is 1. The molecule has 0 aliphatic rings. The van der Waals surface area contributed by atoms with Gasteiger partial charge in [0.1, 0.15) is 5.75 Å². The molecular weight excluding hydrogens is 274 g/mol. The van der Waals surface area contributed by atoms with Crippen molar-refractivity contribution < 1.29 is 9.53 Å².